The number of aromatic amines is 1. The van der Waals surface area contributed by atoms with Gasteiger partial charge in [0.2, 0.25) is 0 Å². The van der Waals surface area contributed by atoms with Gasteiger partial charge in [0.15, 0.2) is 0 Å². The largest absolute Gasteiger partial charge is 0.481 e. The summed E-state index contributed by atoms with van der Waals surface area (Å²) in [5, 5.41) is 14.2. The average Bonchev–Trinajstić information content (AvgIpc) is 3.06. The number of hydrogen-bond donors (Lipinski definition) is 4. The molecule has 26 heavy (non-hydrogen) atoms. The Hall–Kier alpha value is -2.57. The van der Waals surface area contributed by atoms with E-state index in [1.165, 1.54) is 6.20 Å². The first-order valence-corrected chi connectivity index (χ1v) is 9.23. The Bertz CT molecular complexity index is 905. The monoisotopic (exact) mass is 354 g/mol. The van der Waals surface area contributed by atoms with E-state index in [1.807, 2.05) is 6.07 Å². The van der Waals surface area contributed by atoms with Crippen LogP contribution in [0.2, 0.25) is 0 Å². The molecule has 5 atom stereocenters. The fourth-order valence-electron chi connectivity index (χ4n) is 6.04. The molecule has 0 spiro atoms. The van der Waals surface area contributed by atoms with Gasteiger partial charge in [-0.05, 0) is 55.9 Å². The molecule has 0 aromatic carbocycles. The maximum atomic E-state index is 11.9. The van der Waals surface area contributed by atoms with Gasteiger partial charge in [0.1, 0.15) is 5.65 Å². The second-order valence-corrected chi connectivity index (χ2v) is 8.38. The molecule has 0 aliphatic heterocycles. The van der Waals surface area contributed by atoms with Gasteiger partial charge in [-0.2, -0.15) is 0 Å². The topological polar surface area (TPSA) is 121 Å². The summed E-state index contributed by atoms with van der Waals surface area (Å²) in [6, 6.07) is 2.07. The summed E-state index contributed by atoms with van der Waals surface area (Å²) in [4.78, 5) is 31.2. The van der Waals surface area contributed by atoms with Crippen LogP contribution in [0.5, 0.6) is 0 Å². The molecule has 4 saturated carbocycles. The summed E-state index contributed by atoms with van der Waals surface area (Å²) < 4.78 is 0. The number of aromatic nitrogens is 2. The minimum Gasteiger partial charge on any atom is -0.481 e. The third kappa shape index (κ3) is 2.09. The number of carbonyl (C=O) groups is 2. The summed E-state index contributed by atoms with van der Waals surface area (Å²) in [5.41, 5.74) is 6.87. The Balaban J connectivity index is 1.53. The Morgan fingerprint density at radius 2 is 2.00 bits per heavy atom. The van der Waals surface area contributed by atoms with Gasteiger partial charge in [0.05, 0.1) is 16.7 Å². The molecular weight excluding hydrogens is 332 g/mol. The second kappa shape index (κ2) is 5.22. The number of nitrogens with zero attached hydrogens (tertiary/aromatic N) is 1. The zero-order chi connectivity index (χ0) is 18.1. The smallest absolute Gasteiger partial charge is 0.309 e. The molecule has 1 unspecified atom stereocenters. The number of aliphatic carboxylic acids is 1. The lowest BCUT2D eigenvalue weighted by Gasteiger charge is -2.58. The minimum atomic E-state index is -0.634. The Morgan fingerprint density at radius 1 is 1.27 bits per heavy atom. The number of anilines is 1. The van der Waals surface area contributed by atoms with Gasteiger partial charge in [-0.3, -0.25) is 9.59 Å². The van der Waals surface area contributed by atoms with Crippen molar-refractivity contribution in [1.29, 1.82) is 0 Å². The zero-order valence-electron chi connectivity index (χ0n) is 14.4. The zero-order valence-corrected chi connectivity index (χ0v) is 14.4. The van der Waals surface area contributed by atoms with Gasteiger partial charge in [-0.1, -0.05) is 0 Å². The SMILES string of the molecule is NC(=O)c1cnc2[nH]ccc2c1NC1[C@@H]2C[C@@H]3C[C@H]1C[C@@](C(=O)O)(C3)C2. The molecule has 4 fully saturated rings. The molecule has 0 saturated heterocycles. The van der Waals surface area contributed by atoms with Crippen molar-refractivity contribution in [3.63, 3.8) is 0 Å². The molecule has 2 aromatic rings. The number of rotatable bonds is 4. The number of nitrogens with two attached hydrogens (primary N) is 1. The molecule has 0 radical (unpaired) electrons. The van der Waals surface area contributed by atoms with Crippen LogP contribution in [-0.4, -0.2) is 33.0 Å². The first kappa shape index (κ1) is 15.7. The number of carboxylic acids is 1. The number of fused-ring (bicyclic) bond motifs is 1. The van der Waals surface area contributed by atoms with Crippen LogP contribution in [0.1, 0.15) is 42.5 Å². The lowest BCUT2D eigenvalue weighted by molar-refractivity contribution is -0.165. The molecule has 2 heterocycles. The van der Waals surface area contributed by atoms with Crippen LogP contribution in [0.3, 0.4) is 0 Å². The minimum absolute atomic E-state index is 0.178. The molecule has 4 aliphatic rings. The quantitative estimate of drug-likeness (QED) is 0.671. The van der Waals surface area contributed by atoms with Crippen molar-refractivity contribution >= 4 is 28.6 Å². The van der Waals surface area contributed by atoms with Gasteiger partial charge in [0.25, 0.3) is 5.91 Å². The second-order valence-electron chi connectivity index (χ2n) is 8.38. The number of carboxylic acid groups (broad SMARTS) is 1. The summed E-state index contributed by atoms with van der Waals surface area (Å²) in [7, 11) is 0. The van der Waals surface area contributed by atoms with E-state index in [1.54, 1.807) is 6.20 Å². The van der Waals surface area contributed by atoms with Gasteiger partial charge in [0, 0.05) is 23.8 Å². The lowest BCUT2D eigenvalue weighted by atomic mass is 9.48. The molecular formula is C19H22N4O3. The van der Waals surface area contributed by atoms with Crippen molar-refractivity contribution in [2.24, 2.45) is 28.9 Å². The number of nitrogens with one attached hydrogen (secondary N) is 2. The van der Waals surface area contributed by atoms with E-state index in [0.29, 0.717) is 29.0 Å². The van der Waals surface area contributed by atoms with Crippen molar-refractivity contribution in [1.82, 2.24) is 9.97 Å². The molecule has 6 rings (SSSR count). The van der Waals surface area contributed by atoms with Crippen molar-refractivity contribution in [3.8, 4) is 0 Å². The van der Waals surface area contributed by atoms with Crippen molar-refractivity contribution in [2.75, 3.05) is 5.32 Å². The first-order valence-electron chi connectivity index (χ1n) is 9.23. The number of H-pyrrole nitrogens is 1. The third-order valence-electron chi connectivity index (χ3n) is 6.89. The third-order valence-corrected chi connectivity index (χ3v) is 6.89. The van der Waals surface area contributed by atoms with E-state index in [9.17, 15) is 14.7 Å². The van der Waals surface area contributed by atoms with E-state index in [0.717, 1.165) is 43.2 Å². The highest BCUT2D eigenvalue weighted by atomic mass is 16.4. The van der Waals surface area contributed by atoms with Crippen LogP contribution in [0, 0.1) is 23.2 Å². The number of primary amides is 1. The molecule has 4 aliphatic carbocycles. The fourth-order valence-corrected chi connectivity index (χ4v) is 6.04. The van der Waals surface area contributed by atoms with E-state index < -0.39 is 17.3 Å². The standard InChI is InChI=1S/C19H22N4O3/c20-16(24)13-8-22-17-12(1-2-21-17)15(13)23-14-10-3-9-4-11(14)7-19(5-9,6-10)18(25)26/h1-2,8-11,14H,3-7H2,(H2,20,24)(H,25,26)(H2,21,22,23)/t9-,10-,11+,14?,19-. The summed E-state index contributed by atoms with van der Waals surface area (Å²) in [6.07, 6.45) is 7.71. The number of carbonyl (C=O) groups excluding carboxylic acids is 1. The molecule has 136 valence electrons. The molecule has 2 aromatic heterocycles. The Kier molecular flexibility index (Phi) is 3.14. The predicted molar refractivity (Wildman–Crippen MR) is 95.6 cm³/mol. The van der Waals surface area contributed by atoms with E-state index >= 15 is 0 Å². The van der Waals surface area contributed by atoms with Crippen LogP contribution < -0.4 is 11.1 Å². The maximum absolute atomic E-state index is 11.9. The summed E-state index contributed by atoms with van der Waals surface area (Å²) >= 11 is 0. The van der Waals surface area contributed by atoms with E-state index in [4.69, 9.17) is 5.73 Å². The lowest BCUT2D eigenvalue weighted by Crippen LogP contribution is -2.58. The molecule has 7 heteroatoms. The maximum Gasteiger partial charge on any atom is 0.309 e. The Morgan fingerprint density at radius 3 is 2.65 bits per heavy atom. The van der Waals surface area contributed by atoms with Crippen LogP contribution in [0.15, 0.2) is 18.5 Å². The highest BCUT2D eigenvalue weighted by Gasteiger charge is 2.58. The molecule has 4 bridgehead atoms. The summed E-state index contributed by atoms with van der Waals surface area (Å²) in [5.74, 6) is 0.0153. The van der Waals surface area contributed by atoms with Crippen molar-refractivity contribution < 1.29 is 14.7 Å². The number of hydrogen-bond acceptors (Lipinski definition) is 4. The van der Waals surface area contributed by atoms with Gasteiger partial charge in [-0.25, -0.2) is 4.98 Å². The van der Waals surface area contributed by atoms with E-state index in [-0.39, 0.29) is 6.04 Å². The molecule has 5 N–H and O–H groups in total. The summed E-state index contributed by atoms with van der Waals surface area (Å²) in [6.45, 7) is 0. The van der Waals surface area contributed by atoms with Gasteiger partial charge < -0.3 is 21.1 Å². The highest BCUT2D eigenvalue weighted by Crippen LogP contribution is 2.60. The van der Waals surface area contributed by atoms with Gasteiger partial charge in [-0.15, -0.1) is 0 Å². The predicted octanol–water partition coefficient (Wildman–Crippen LogP) is 2.35. The molecule has 7 nitrogen and oxygen atoms in total. The fraction of sp³-hybridized carbons (Fsp3) is 0.526. The van der Waals surface area contributed by atoms with Crippen molar-refractivity contribution in [2.45, 2.75) is 38.1 Å². The van der Waals surface area contributed by atoms with Gasteiger partial charge >= 0.3 is 5.97 Å². The average molecular weight is 354 g/mol. The highest BCUT2D eigenvalue weighted by molar-refractivity contribution is 6.06. The first-order chi connectivity index (χ1) is 12.5. The van der Waals surface area contributed by atoms with E-state index in [2.05, 4.69) is 15.3 Å². The van der Waals surface area contributed by atoms with Crippen molar-refractivity contribution in [3.05, 3.63) is 24.0 Å². The number of amides is 1. The number of pyridine rings is 1. The van der Waals surface area contributed by atoms with Crippen LogP contribution in [-0.2, 0) is 4.79 Å². The van der Waals surface area contributed by atoms with Crippen LogP contribution in [0.25, 0.3) is 11.0 Å². The van der Waals surface area contributed by atoms with Crippen LogP contribution in [0.4, 0.5) is 5.69 Å². The Labute approximate surface area is 150 Å². The molecule has 1 amide bonds. The van der Waals surface area contributed by atoms with Crippen LogP contribution >= 0.6 is 0 Å². The normalized spacial score (nSPS) is 34.9.